The third-order valence-electron chi connectivity index (χ3n) is 2.76. The minimum atomic E-state index is 0.752. The zero-order valence-electron chi connectivity index (χ0n) is 10.7. The molecule has 18 heavy (non-hydrogen) atoms. The Kier molecular flexibility index (Phi) is 4.33. The number of nitrogens with zero attached hydrogens (tertiary/aromatic N) is 3. The van der Waals surface area contributed by atoms with Gasteiger partial charge in [0.1, 0.15) is 0 Å². The summed E-state index contributed by atoms with van der Waals surface area (Å²) in [5, 5.41) is 12.0. The molecule has 4 nitrogen and oxygen atoms in total. The van der Waals surface area contributed by atoms with E-state index in [1.807, 2.05) is 23.9 Å². The maximum atomic E-state index is 6.16. The van der Waals surface area contributed by atoms with Crippen molar-refractivity contribution in [2.75, 3.05) is 7.05 Å². The van der Waals surface area contributed by atoms with E-state index >= 15 is 0 Å². The van der Waals surface area contributed by atoms with Crippen molar-refractivity contribution < 1.29 is 0 Å². The molecule has 1 aromatic heterocycles. The second-order valence-electron chi connectivity index (χ2n) is 4.18. The summed E-state index contributed by atoms with van der Waals surface area (Å²) in [4.78, 5) is 0. The Labute approximate surface area is 112 Å². The molecule has 0 bridgehead atoms. The molecule has 0 aliphatic rings. The molecule has 0 radical (unpaired) electrons. The average molecular weight is 265 g/mol. The summed E-state index contributed by atoms with van der Waals surface area (Å²) in [6, 6.07) is 6.02. The van der Waals surface area contributed by atoms with Crippen LogP contribution in [0.25, 0.3) is 11.3 Å². The molecular formula is C13H17ClN4. The number of hydrogen-bond acceptors (Lipinski definition) is 3. The highest BCUT2D eigenvalue weighted by atomic mass is 35.5. The van der Waals surface area contributed by atoms with Gasteiger partial charge in [0.25, 0.3) is 0 Å². The summed E-state index contributed by atoms with van der Waals surface area (Å²) in [5.41, 5.74) is 3.22. The predicted molar refractivity (Wildman–Crippen MR) is 73.5 cm³/mol. The average Bonchev–Trinajstić information content (AvgIpc) is 2.81. The molecule has 2 aromatic rings. The van der Waals surface area contributed by atoms with Gasteiger partial charge in [-0.1, -0.05) is 29.8 Å². The quantitative estimate of drug-likeness (QED) is 0.903. The SMILES string of the molecule is CCCn1nncc1-c1ccc(Cl)c(CNC)c1. The van der Waals surface area contributed by atoms with Crippen molar-refractivity contribution in [3.05, 3.63) is 35.0 Å². The monoisotopic (exact) mass is 264 g/mol. The van der Waals surface area contributed by atoms with Gasteiger partial charge in [0.2, 0.25) is 0 Å². The maximum Gasteiger partial charge on any atom is 0.0885 e. The van der Waals surface area contributed by atoms with Gasteiger partial charge in [0, 0.05) is 23.7 Å². The summed E-state index contributed by atoms with van der Waals surface area (Å²) < 4.78 is 1.92. The van der Waals surface area contributed by atoms with Gasteiger partial charge in [-0.25, -0.2) is 4.68 Å². The van der Waals surface area contributed by atoms with E-state index in [9.17, 15) is 0 Å². The minimum absolute atomic E-state index is 0.752. The van der Waals surface area contributed by atoms with E-state index in [0.29, 0.717) is 0 Å². The van der Waals surface area contributed by atoms with Crippen molar-refractivity contribution in [3.8, 4) is 11.3 Å². The lowest BCUT2D eigenvalue weighted by Gasteiger charge is -2.08. The largest absolute Gasteiger partial charge is 0.316 e. The Morgan fingerprint density at radius 1 is 1.39 bits per heavy atom. The molecule has 0 saturated heterocycles. The number of halogens is 1. The van der Waals surface area contributed by atoms with Gasteiger partial charge in [-0.15, -0.1) is 5.10 Å². The van der Waals surface area contributed by atoms with Gasteiger partial charge in [-0.3, -0.25) is 0 Å². The van der Waals surface area contributed by atoms with Crippen LogP contribution >= 0.6 is 11.6 Å². The fourth-order valence-electron chi connectivity index (χ4n) is 1.92. The zero-order valence-corrected chi connectivity index (χ0v) is 11.4. The number of nitrogens with one attached hydrogen (secondary N) is 1. The predicted octanol–water partition coefficient (Wildman–Crippen LogP) is 2.73. The van der Waals surface area contributed by atoms with Gasteiger partial charge < -0.3 is 5.32 Å². The Bertz CT molecular complexity index is 521. The summed E-state index contributed by atoms with van der Waals surface area (Å²) >= 11 is 6.16. The van der Waals surface area contributed by atoms with Crippen molar-refractivity contribution in [2.45, 2.75) is 26.4 Å². The third-order valence-corrected chi connectivity index (χ3v) is 3.13. The standard InChI is InChI=1S/C13H17ClN4/c1-3-6-18-13(9-16-17-18)10-4-5-12(14)11(7-10)8-15-2/h4-5,7,9,15H,3,6,8H2,1-2H3. The van der Waals surface area contributed by atoms with Crippen LogP contribution in [-0.4, -0.2) is 22.0 Å². The van der Waals surface area contributed by atoms with Crippen molar-refractivity contribution in [1.29, 1.82) is 0 Å². The summed E-state index contributed by atoms with van der Waals surface area (Å²) in [6.07, 6.45) is 2.83. The fraction of sp³-hybridized carbons (Fsp3) is 0.385. The topological polar surface area (TPSA) is 42.7 Å². The highest BCUT2D eigenvalue weighted by molar-refractivity contribution is 6.31. The molecule has 0 atom stereocenters. The van der Waals surface area contributed by atoms with Crippen molar-refractivity contribution in [1.82, 2.24) is 20.3 Å². The summed E-state index contributed by atoms with van der Waals surface area (Å²) in [5.74, 6) is 0. The third kappa shape index (κ3) is 2.71. The van der Waals surface area contributed by atoms with Gasteiger partial charge >= 0.3 is 0 Å². The smallest absolute Gasteiger partial charge is 0.0885 e. The Hall–Kier alpha value is -1.39. The summed E-state index contributed by atoms with van der Waals surface area (Å²) in [6.45, 7) is 3.75. The van der Waals surface area contributed by atoms with Crippen LogP contribution < -0.4 is 5.32 Å². The molecule has 1 aromatic carbocycles. The Balaban J connectivity index is 2.38. The van der Waals surface area contributed by atoms with E-state index in [0.717, 1.165) is 41.4 Å². The van der Waals surface area contributed by atoms with Crippen molar-refractivity contribution in [3.63, 3.8) is 0 Å². The van der Waals surface area contributed by atoms with E-state index in [1.165, 1.54) is 0 Å². The van der Waals surface area contributed by atoms with Gasteiger partial charge in [-0.05, 0) is 31.2 Å². The van der Waals surface area contributed by atoms with Crippen LogP contribution in [0.15, 0.2) is 24.4 Å². The van der Waals surface area contributed by atoms with Crippen molar-refractivity contribution in [2.24, 2.45) is 0 Å². The van der Waals surface area contributed by atoms with Crippen LogP contribution in [0.4, 0.5) is 0 Å². The van der Waals surface area contributed by atoms with E-state index in [1.54, 1.807) is 6.20 Å². The van der Waals surface area contributed by atoms with Crippen LogP contribution in [-0.2, 0) is 13.1 Å². The fourth-order valence-corrected chi connectivity index (χ4v) is 2.10. The maximum absolute atomic E-state index is 6.16. The number of aryl methyl sites for hydroxylation is 1. The molecule has 0 fully saturated rings. The van der Waals surface area contributed by atoms with Gasteiger partial charge in [0.15, 0.2) is 0 Å². The van der Waals surface area contributed by atoms with Crippen LogP contribution in [0.5, 0.6) is 0 Å². The zero-order chi connectivity index (χ0) is 13.0. The molecule has 96 valence electrons. The first-order valence-electron chi connectivity index (χ1n) is 6.08. The number of hydrogen-bond donors (Lipinski definition) is 1. The number of benzene rings is 1. The number of rotatable bonds is 5. The number of aromatic nitrogens is 3. The highest BCUT2D eigenvalue weighted by Crippen LogP contribution is 2.24. The lowest BCUT2D eigenvalue weighted by Crippen LogP contribution is -2.06. The van der Waals surface area contributed by atoms with E-state index in [2.05, 4.69) is 28.6 Å². The van der Waals surface area contributed by atoms with Crippen LogP contribution in [0, 0.1) is 0 Å². The second-order valence-corrected chi connectivity index (χ2v) is 4.59. The molecule has 0 amide bonds. The van der Waals surface area contributed by atoms with Crippen LogP contribution in [0.2, 0.25) is 5.02 Å². The first-order chi connectivity index (χ1) is 8.76. The summed E-state index contributed by atoms with van der Waals surface area (Å²) in [7, 11) is 1.91. The molecule has 5 heteroatoms. The molecule has 2 rings (SSSR count). The lowest BCUT2D eigenvalue weighted by atomic mass is 10.1. The van der Waals surface area contributed by atoms with E-state index in [4.69, 9.17) is 11.6 Å². The molecule has 1 heterocycles. The molecular weight excluding hydrogens is 248 g/mol. The molecule has 1 N–H and O–H groups in total. The Morgan fingerprint density at radius 3 is 2.94 bits per heavy atom. The molecule has 0 unspecified atom stereocenters. The van der Waals surface area contributed by atoms with Gasteiger partial charge in [-0.2, -0.15) is 0 Å². The normalized spacial score (nSPS) is 10.8. The lowest BCUT2D eigenvalue weighted by molar-refractivity contribution is 0.584. The molecule has 0 saturated carbocycles. The van der Waals surface area contributed by atoms with Crippen LogP contribution in [0.1, 0.15) is 18.9 Å². The van der Waals surface area contributed by atoms with Crippen molar-refractivity contribution >= 4 is 11.6 Å². The highest BCUT2D eigenvalue weighted by Gasteiger charge is 2.08. The first kappa shape index (κ1) is 13.1. The molecule has 0 spiro atoms. The molecule has 0 aliphatic heterocycles. The van der Waals surface area contributed by atoms with E-state index < -0.39 is 0 Å². The van der Waals surface area contributed by atoms with Crippen LogP contribution in [0.3, 0.4) is 0 Å². The Morgan fingerprint density at radius 2 is 2.22 bits per heavy atom. The van der Waals surface area contributed by atoms with Gasteiger partial charge in [0.05, 0.1) is 11.9 Å². The first-order valence-corrected chi connectivity index (χ1v) is 6.46. The van der Waals surface area contributed by atoms with E-state index in [-0.39, 0.29) is 0 Å². The second kappa shape index (κ2) is 5.98. The minimum Gasteiger partial charge on any atom is -0.316 e. The molecule has 0 aliphatic carbocycles.